The van der Waals surface area contributed by atoms with E-state index >= 15 is 0 Å². The Bertz CT molecular complexity index is 1490. The van der Waals surface area contributed by atoms with E-state index < -0.39 is 0 Å². The lowest BCUT2D eigenvalue weighted by Gasteiger charge is -2.36. The second-order valence-corrected chi connectivity index (χ2v) is 9.75. The van der Waals surface area contributed by atoms with Gasteiger partial charge in [-0.3, -0.25) is 14.2 Å². The second-order valence-electron chi connectivity index (χ2n) is 9.31. The number of rotatable bonds is 6. The Balaban J connectivity index is 1.41. The van der Waals surface area contributed by atoms with E-state index in [4.69, 9.17) is 21.1 Å². The Morgan fingerprint density at radius 1 is 0.895 bits per heavy atom. The van der Waals surface area contributed by atoms with Crippen LogP contribution in [0.5, 0.6) is 11.5 Å². The van der Waals surface area contributed by atoms with Gasteiger partial charge in [0.25, 0.3) is 5.91 Å². The van der Waals surface area contributed by atoms with Crippen molar-refractivity contribution in [2.45, 2.75) is 13.3 Å². The second kappa shape index (κ2) is 10.8. The molecule has 38 heavy (non-hydrogen) atoms. The lowest BCUT2D eigenvalue weighted by molar-refractivity contribution is -0.130. The van der Waals surface area contributed by atoms with Crippen LogP contribution in [0.3, 0.4) is 0 Å². The van der Waals surface area contributed by atoms with E-state index in [1.807, 2.05) is 54.3 Å². The van der Waals surface area contributed by atoms with E-state index in [1.54, 1.807) is 43.1 Å². The van der Waals surface area contributed by atoms with Crippen molar-refractivity contribution < 1.29 is 19.1 Å². The summed E-state index contributed by atoms with van der Waals surface area (Å²) in [5, 5.41) is 1.41. The van der Waals surface area contributed by atoms with Gasteiger partial charge < -0.3 is 19.3 Å². The third-order valence-electron chi connectivity index (χ3n) is 7.22. The molecule has 1 aromatic heterocycles. The van der Waals surface area contributed by atoms with E-state index in [0.717, 1.165) is 46.7 Å². The molecule has 0 spiro atoms. The van der Waals surface area contributed by atoms with Crippen LogP contribution in [0.15, 0.2) is 66.7 Å². The number of methoxy groups -OCH3 is 2. The van der Waals surface area contributed by atoms with Gasteiger partial charge in [0.05, 0.1) is 31.8 Å². The lowest BCUT2D eigenvalue weighted by atomic mass is 10.1. The van der Waals surface area contributed by atoms with Gasteiger partial charge in [-0.1, -0.05) is 23.7 Å². The van der Waals surface area contributed by atoms with Crippen molar-refractivity contribution in [2.75, 3.05) is 45.3 Å². The quantitative estimate of drug-likeness (QED) is 0.342. The van der Waals surface area contributed by atoms with Gasteiger partial charge in [-0.2, -0.15) is 0 Å². The van der Waals surface area contributed by atoms with Crippen molar-refractivity contribution in [1.29, 1.82) is 0 Å². The number of carbonyl (C=O) groups excluding carboxylic acids is 2. The van der Waals surface area contributed by atoms with Crippen molar-refractivity contribution in [3.8, 4) is 11.5 Å². The average molecular weight is 532 g/mol. The van der Waals surface area contributed by atoms with E-state index in [0.29, 0.717) is 29.4 Å². The first-order valence-electron chi connectivity index (χ1n) is 12.5. The minimum atomic E-state index is -0.168. The van der Waals surface area contributed by atoms with Crippen molar-refractivity contribution in [3.05, 3.63) is 88.6 Å². The van der Waals surface area contributed by atoms with Gasteiger partial charge in [0.15, 0.2) is 0 Å². The van der Waals surface area contributed by atoms with Crippen LogP contribution >= 0.6 is 11.6 Å². The predicted molar refractivity (Wildman–Crippen MR) is 150 cm³/mol. The molecule has 1 aliphatic heterocycles. The van der Waals surface area contributed by atoms with E-state index in [9.17, 15) is 9.59 Å². The summed E-state index contributed by atoms with van der Waals surface area (Å²) in [5.41, 5.74) is 3.88. The molecule has 1 aliphatic rings. The van der Waals surface area contributed by atoms with Crippen molar-refractivity contribution in [2.24, 2.45) is 0 Å². The number of hydrogen-bond acceptors (Lipinski definition) is 5. The highest BCUT2D eigenvalue weighted by molar-refractivity contribution is 6.30. The van der Waals surface area contributed by atoms with Crippen molar-refractivity contribution in [3.63, 3.8) is 0 Å². The molecule has 2 heterocycles. The minimum absolute atomic E-state index is 0.0357. The van der Waals surface area contributed by atoms with Gasteiger partial charge in [0, 0.05) is 47.8 Å². The zero-order valence-electron chi connectivity index (χ0n) is 21.7. The summed E-state index contributed by atoms with van der Waals surface area (Å²) in [4.78, 5) is 31.2. The molecule has 196 valence electrons. The fourth-order valence-electron chi connectivity index (χ4n) is 5.15. The first-order valence-corrected chi connectivity index (χ1v) is 12.9. The maximum Gasteiger partial charge on any atom is 0.262 e. The number of fused-ring (bicyclic) bond motifs is 1. The number of hydrogen-bond donors (Lipinski definition) is 0. The van der Waals surface area contributed by atoms with Crippen LogP contribution in [-0.2, 0) is 11.2 Å². The number of amides is 1. The van der Waals surface area contributed by atoms with Gasteiger partial charge >= 0.3 is 0 Å². The Kier molecular flexibility index (Phi) is 7.29. The summed E-state index contributed by atoms with van der Waals surface area (Å²) in [6, 6.07) is 20.4. The number of para-hydroxylation sites is 2. The van der Waals surface area contributed by atoms with Crippen molar-refractivity contribution >= 4 is 40.0 Å². The standard InChI is InChI=1S/C30H30ClN3O4/c1-20-24(19-29(35)33-16-14-32(15-17-33)27-6-4-5-7-28(27)38-3)25-18-23(37-2)12-13-26(25)34(20)30(36)21-8-10-22(31)11-9-21/h4-13,18H,14-17,19H2,1-3H3. The molecule has 1 amide bonds. The summed E-state index contributed by atoms with van der Waals surface area (Å²) in [6.45, 7) is 4.55. The highest BCUT2D eigenvalue weighted by Crippen LogP contribution is 2.32. The normalized spacial score (nSPS) is 13.6. The lowest BCUT2D eigenvalue weighted by Crippen LogP contribution is -2.49. The topological polar surface area (TPSA) is 64.0 Å². The van der Waals surface area contributed by atoms with Crippen LogP contribution in [0.1, 0.15) is 21.6 Å². The summed E-state index contributed by atoms with van der Waals surface area (Å²) in [7, 11) is 3.28. The summed E-state index contributed by atoms with van der Waals surface area (Å²) >= 11 is 6.03. The molecule has 1 fully saturated rings. The van der Waals surface area contributed by atoms with E-state index in [-0.39, 0.29) is 18.2 Å². The molecular formula is C30H30ClN3O4. The molecule has 4 aromatic rings. The Hall–Kier alpha value is -3.97. The Morgan fingerprint density at radius 3 is 2.29 bits per heavy atom. The Labute approximate surface area is 227 Å². The first kappa shape index (κ1) is 25.7. The monoisotopic (exact) mass is 531 g/mol. The highest BCUT2D eigenvalue weighted by Gasteiger charge is 2.26. The molecule has 0 atom stereocenters. The molecule has 1 saturated heterocycles. The average Bonchev–Trinajstić information content (AvgIpc) is 3.23. The first-order chi connectivity index (χ1) is 18.4. The zero-order valence-corrected chi connectivity index (χ0v) is 22.5. The molecule has 5 rings (SSSR count). The molecule has 0 bridgehead atoms. The van der Waals surface area contributed by atoms with Crippen LogP contribution in [0.4, 0.5) is 5.69 Å². The maximum atomic E-state index is 13.5. The SMILES string of the molecule is COc1ccc2c(c1)c(CC(=O)N1CCN(c3ccccc3OC)CC1)c(C)n2C(=O)c1ccc(Cl)cc1. The molecule has 0 radical (unpaired) electrons. The number of nitrogens with zero attached hydrogens (tertiary/aromatic N) is 3. The van der Waals surface area contributed by atoms with Gasteiger partial charge in [0.2, 0.25) is 5.91 Å². The molecule has 0 aliphatic carbocycles. The summed E-state index contributed by atoms with van der Waals surface area (Å²) < 4.78 is 12.7. The van der Waals surface area contributed by atoms with Crippen LogP contribution in [-0.4, -0.2) is 61.7 Å². The third kappa shape index (κ3) is 4.82. The fraction of sp³-hybridized carbons (Fsp3) is 0.267. The number of ether oxygens (including phenoxy) is 2. The van der Waals surface area contributed by atoms with E-state index in [1.165, 1.54) is 0 Å². The number of aromatic nitrogens is 1. The Morgan fingerprint density at radius 2 is 1.61 bits per heavy atom. The minimum Gasteiger partial charge on any atom is -0.497 e. The zero-order chi connectivity index (χ0) is 26.8. The van der Waals surface area contributed by atoms with Gasteiger partial charge in [-0.15, -0.1) is 0 Å². The number of anilines is 1. The molecule has 0 saturated carbocycles. The number of benzene rings is 3. The van der Waals surface area contributed by atoms with Crippen LogP contribution in [0, 0.1) is 6.92 Å². The van der Waals surface area contributed by atoms with Gasteiger partial charge in [-0.25, -0.2) is 0 Å². The number of halogens is 1. The summed E-state index contributed by atoms with van der Waals surface area (Å²) in [6.07, 6.45) is 0.199. The highest BCUT2D eigenvalue weighted by atomic mass is 35.5. The van der Waals surface area contributed by atoms with Crippen molar-refractivity contribution in [1.82, 2.24) is 9.47 Å². The largest absolute Gasteiger partial charge is 0.497 e. The molecule has 7 nitrogen and oxygen atoms in total. The molecular weight excluding hydrogens is 502 g/mol. The van der Waals surface area contributed by atoms with Gasteiger partial charge in [0.1, 0.15) is 11.5 Å². The molecule has 0 N–H and O–H groups in total. The van der Waals surface area contributed by atoms with Crippen LogP contribution in [0.2, 0.25) is 5.02 Å². The molecule has 3 aromatic carbocycles. The van der Waals surface area contributed by atoms with Gasteiger partial charge in [-0.05, 0) is 67.1 Å². The molecule has 8 heteroatoms. The number of carbonyl (C=O) groups is 2. The fourth-order valence-corrected chi connectivity index (χ4v) is 5.27. The third-order valence-corrected chi connectivity index (χ3v) is 7.47. The maximum absolute atomic E-state index is 13.5. The molecule has 0 unspecified atom stereocenters. The van der Waals surface area contributed by atoms with Crippen LogP contribution < -0.4 is 14.4 Å². The van der Waals surface area contributed by atoms with E-state index in [2.05, 4.69) is 4.90 Å². The van der Waals surface area contributed by atoms with Crippen LogP contribution in [0.25, 0.3) is 10.9 Å². The predicted octanol–water partition coefficient (Wildman–Crippen LogP) is 5.20. The summed E-state index contributed by atoms with van der Waals surface area (Å²) in [5.74, 6) is 1.37. The number of piperazine rings is 1. The smallest absolute Gasteiger partial charge is 0.262 e.